The van der Waals surface area contributed by atoms with Gasteiger partial charge in [-0.3, -0.25) is 4.79 Å². The number of hydrogen-bond acceptors (Lipinski definition) is 3. The largest absolute Gasteiger partial charge is 0.481 e. The van der Waals surface area contributed by atoms with Crippen LogP contribution in [0.2, 0.25) is 0 Å². The van der Waals surface area contributed by atoms with Crippen LogP contribution in [0.1, 0.15) is 30.0 Å². The Kier molecular flexibility index (Phi) is 5.79. The third-order valence-corrected chi connectivity index (χ3v) is 3.89. The number of hydrogen-bond donors (Lipinski definition) is 1. The van der Waals surface area contributed by atoms with Gasteiger partial charge >= 0.3 is 0 Å². The van der Waals surface area contributed by atoms with Crippen LogP contribution in [0.4, 0.5) is 0 Å². The first-order valence-electron chi connectivity index (χ1n) is 7.95. The van der Waals surface area contributed by atoms with Crippen molar-refractivity contribution >= 4 is 5.91 Å². The van der Waals surface area contributed by atoms with E-state index in [1.54, 1.807) is 19.4 Å². The molecule has 0 bridgehead atoms. The molecule has 2 aromatic rings. The fourth-order valence-electron chi connectivity index (χ4n) is 2.40. The van der Waals surface area contributed by atoms with Crippen molar-refractivity contribution < 1.29 is 9.53 Å². The zero-order valence-electron chi connectivity index (χ0n) is 14.3. The van der Waals surface area contributed by atoms with E-state index in [0.29, 0.717) is 6.54 Å². The first-order valence-corrected chi connectivity index (χ1v) is 7.95. The highest BCUT2D eigenvalue weighted by atomic mass is 16.5. The molecule has 23 heavy (non-hydrogen) atoms. The first kappa shape index (κ1) is 17.1. The Balaban J connectivity index is 1.80. The van der Waals surface area contributed by atoms with Gasteiger partial charge in [0.2, 0.25) is 0 Å². The van der Waals surface area contributed by atoms with Crippen molar-refractivity contribution in [1.82, 2.24) is 14.9 Å². The van der Waals surface area contributed by atoms with Crippen LogP contribution in [0.25, 0.3) is 0 Å². The molecule has 5 heteroatoms. The lowest BCUT2D eigenvalue weighted by atomic mass is 10.1. The van der Waals surface area contributed by atoms with Gasteiger partial charge in [-0.05, 0) is 56.9 Å². The maximum Gasteiger partial charge on any atom is 0.260 e. The maximum absolute atomic E-state index is 12.1. The molecular weight excluding hydrogens is 290 g/mol. The number of nitrogens with one attached hydrogen (secondary N) is 1. The third-order valence-electron chi connectivity index (χ3n) is 3.89. The normalized spacial score (nSPS) is 12.0. The molecule has 1 amide bonds. The number of amides is 1. The molecule has 0 saturated heterocycles. The second-order valence-electron chi connectivity index (χ2n) is 5.91. The van der Waals surface area contributed by atoms with Crippen LogP contribution in [0.3, 0.4) is 0 Å². The van der Waals surface area contributed by atoms with Crippen LogP contribution in [0.15, 0.2) is 30.9 Å². The highest BCUT2D eigenvalue weighted by Crippen LogP contribution is 2.24. The summed E-state index contributed by atoms with van der Waals surface area (Å²) < 4.78 is 7.84. The van der Waals surface area contributed by atoms with Crippen LogP contribution < -0.4 is 10.1 Å². The van der Waals surface area contributed by atoms with Crippen LogP contribution in [0, 0.1) is 20.8 Å². The summed E-state index contributed by atoms with van der Waals surface area (Å²) >= 11 is 0. The lowest BCUT2D eigenvalue weighted by molar-refractivity contribution is -0.127. The fraction of sp³-hybridized carbons (Fsp3) is 0.444. The first-order chi connectivity index (χ1) is 11.0. The number of benzene rings is 1. The molecule has 0 aliphatic heterocycles. The molecule has 2 rings (SSSR count). The van der Waals surface area contributed by atoms with Crippen LogP contribution >= 0.6 is 0 Å². The minimum absolute atomic E-state index is 0.0887. The van der Waals surface area contributed by atoms with E-state index in [4.69, 9.17) is 4.74 Å². The predicted octanol–water partition coefficient (Wildman–Crippen LogP) is 2.78. The number of aromatic nitrogens is 2. The summed E-state index contributed by atoms with van der Waals surface area (Å²) in [6.45, 7) is 9.33. The summed E-state index contributed by atoms with van der Waals surface area (Å²) in [7, 11) is 0. The average Bonchev–Trinajstić information content (AvgIpc) is 3.01. The Morgan fingerprint density at radius 2 is 2.13 bits per heavy atom. The Hall–Kier alpha value is -2.30. The standard InChI is InChI=1S/C18H25N3O2/c1-13-10-14(2)15(3)17(11-13)23-16(4)18(22)20-6-5-8-21-9-7-19-12-21/h7,9-12,16H,5-6,8H2,1-4H3,(H,20,22)/t16-/m0/s1. The number of nitrogens with zero attached hydrogens (tertiary/aromatic N) is 2. The van der Waals surface area contributed by atoms with Gasteiger partial charge in [0.1, 0.15) is 5.75 Å². The highest BCUT2D eigenvalue weighted by molar-refractivity contribution is 5.80. The molecule has 1 aromatic heterocycles. The SMILES string of the molecule is Cc1cc(C)c(C)c(O[C@@H](C)C(=O)NCCCn2ccnc2)c1. The number of carbonyl (C=O) groups is 1. The van der Waals surface area contributed by atoms with Crippen LogP contribution in [-0.2, 0) is 11.3 Å². The van der Waals surface area contributed by atoms with Gasteiger partial charge in [0.05, 0.1) is 6.33 Å². The van der Waals surface area contributed by atoms with Gasteiger partial charge in [-0.25, -0.2) is 4.98 Å². The van der Waals surface area contributed by atoms with Crippen LogP contribution in [0.5, 0.6) is 5.75 Å². The van der Waals surface area contributed by atoms with Crippen molar-refractivity contribution in [3.05, 3.63) is 47.5 Å². The van der Waals surface area contributed by atoms with E-state index in [-0.39, 0.29) is 5.91 Å². The smallest absolute Gasteiger partial charge is 0.260 e. The molecule has 0 aliphatic rings. The molecule has 124 valence electrons. The number of ether oxygens (including phenoxy) is 1. The van der Waals surface area contributed by atoms with Gasteiger partial charge in [-0.1, -0.05) is 6.07 Å². The van der Waals surface area contributed by atoms with Gasteiger partial charge in [0.15, 0.2) is 6.10 Å². The van der Waals surface area contributed by atoms with Gasteiger partial charge in [0.25, 0.3) is 5.91 Å². The fourth-order valence-corrected chi connectivity index (χ4v) is 2.40. The second-order valence-corrected chi connectivity index (χ2v) is 5.91. The van der Waals surface area contributed by atoms with Crippen molar-refractivity contribution in [2.24, 2.45) is 0 Å². The molecule has 1 heterocycles. The molecule has 1 aromatic carbocycles. The maximum atomic E-state index is 12.1. The van der Waals surface area contributed by atoms with Crippen molar-refractivity contribution in [3.63, 3.8) is 0 Å². The molecule has 0 fully saturated rings. The Morgan fingerprint density at radius 3 is 2.83 bits per heavy atom. The summed E-state index contributed by atoms with van der Waals surface area (Å²) in [6.07, 6.45) is 5.79. The van der Waals surface area contributed by atoms with E-state index in [2.05, 4.69) is 23.3 Å². The molecule has 0 spiro atoms. The van der Waals surface area contributed by atoms with Gasteiger partial charge < -0.3 is 14.6 Å². The van der Waals surface area contributed by atoms with Crippen molar-refractivity contribution in [2.75, 3.05) is 6.54 Å². The van der Waals surface area contributed by atoms with Crippen molar-refractivity contribution in [1.29, 1.82) is 0 Å². The number of aryl methyl sites for hydroxylation is 3. The Bertz CT molecular complexity index is 651. The van der Waals surface area contributed by atoms with E-state index < -0.39 is 6.10 Å². The minimum Gasteiger partial charge on any atom is -0.481 e. The lowest BCUT2D eigenvalue weighted by Crippen LogP contribution is -2.37. The average molecular weight is 315 g/mol. The molecule has 5 nitrogen and oxygen atoms in total. The quantitative estimate of drug-likeness (QED) is 0.799. The van der Waals surface area contributed by atoms with Crippen molar-refractivity contribution in [3.8, 4) is 5.75 Å². The second kappa shape index (κ2) is 7.81. The summed E-state index contributed by atoms with van der Waals surface area (Å²) in [5.74, 6) is 0.692. The minimum atomic E-state index is -0.511. The van der Waals surface area contributed by atoms with Crippen LogP contribution in [-0.4, -0.2) is 28.1 Å². The van der Waals surface area contributed by atoms with Gasteiger partial charge in [-0.15, -0.1) is 0 Å². The monoisotopic (exact) mass is 315 g/mol. The molecule has 0 aliphatic carbocycles. The lowest BCUT2D eigenvalue weighted by Gasteiger charge is -2.18. The zero-order chi connectivity index (χ0) is 16.8. The summed E-state index contributed by atoms with van der Waals surface area (Å²) in [5.41, 5.74) is 3.39. The van der Waals surface area contributed by atoms with E-state index in [1.807, 2.05) is 30.7 Å². The Morgan fingerprint density at radius 1 is 1.35 bits per heavy atom. The summed E-state index contributed by atoms with van der Waals surface area (Å²) in [6, 6.07) is 4.09. The number of rotatable bonds is 7. The predicted molar refractivity (Wildman–Crippen MR) is 90.6 cm³/mol. The van der Waals surface area contributed by atoms with E-state index in [9.17, 15) is 4.79 Å². The van der Waals surface area contributed by atoms with Crippen molar-refractivity contribution in [2.45, 2.75) is 46.8 Å². The van der Waals surface area contributed by atoms with E-state index >= 15 is 0 Å². The number of imidazole rings is 1. The van der Waals surface area contributed by atoms with Gasteiger partial charge in [-0.2, -0.15) is 0 Å². The number of carbonyl (C=O) groups excluding carboxylic acids is 1. The molecule has 1 N–H and O–H groups in total. The highest BCUT2D eigenvalue weighted by Gasteiger charge is 2.15. The summed E-state index contributed by atoms with van der Waals surface area (Å²) in [5, 5.41) is 2.92. The zero-order valence-corrected chi connectivity index (χ0v) is 14.3. The van der Waals surface area contributed by atoms with Gasteiger partial charge in [0, 0.05) is 25.5 Å². The molecule has 0 radical (unpaired) electrons. The molecule has 0 unspecified atom stereocenters. The van der Waals surface area contributed by atoms with E-state index in [0.717, 1.165) is 29.8 Å². The summed E-state index contributed by atoms with van der Waals surface area (Å²) in [4.78, 5) is 16.1. The molecule has 1 atom stereocenters. The third kappa shape index (κ3) is 4.84. The molecule has 0 saturated carbocycles. The Labute approximate surface area is 137 Å². The van der Waals surface area contributed by atoms with E-state index in [1.165, 1.54) is 5.56 Å². The topological polar surface area (TPSA) is 56.1 Å². The molecular formula is C18H25N3O2.